The van der Waals surface area contributed by atoms with Crippen molar-refractivity contribution in [3.8, 4) is 0 Å². The first-order chi connectivity index (χ1) is 9.02. The van der Waals surface area contributed by atoms with Crippen molar-refractivity contribution in [3.05, 3.63) is 29.6 Å². The Kier molecular flexibility index (Phi) is 3.46. The number of nitrogens with one attached hydrogen (secondary N) is 3. The molecule has 100 valence electrons. The molecule has 2 rings (SSSR count). The second-order valence-corrected chi connectivity index (χ2v) is 4.04. The largest absolute Gasteiger partial charge is 0.388 e. The van der Waals surface area contributed by atoms with Crippen LogP contribution in [0.2, 0.25) is 0 Å². The van der Waals surface area contributed by atoms with Gasteiger partial charge in [0.15, 0.2) is 0 Å². The smallest absolute Gasteiger partial charge is 0.329 e. The predicted molar refractivity (Wildman–Crippen MR) is 67.6 cm³/mol. The van der Waals surface area contributed by atoms with E-state index in [4.69, 9.17) is 5.41 Å². The lowest BCUT2D eigenvalue weighted by Crippen LogP contribution is -2.52. The summed E-state index contributed by atoms with van der Waals surface area (Å²) in [6, 6.07) is 3.28. The number of nitrogens with zero attached hydrogens (tertiary/aromatic N) is 1. The van der Waals surface area contributed by atoms with Crippen LogP contribution in [0, 0.1) is 11.2 Å². The third-order valence-corrected chi connectivity index (χ3v) is 2.83. The Morgan fingerprint density at radius 3 is 2.84 bits per heavy atom. The van der Waals surface area contributed by atoms with E-state index in [1.807, 2.05) is 0 Å². The van der Waals surface area contributed by atoms with E-state index >= 15 is 0 Å². The molecule has 1 heterocycles. The zero-order valence-corrected chi connectivity index (χ0v) is 10.3. The summed E-state index contributed by atoms with van der Waals surface area (Å²) in [7, 11) is 1.64. The molecule has 1 aromatic rings. The van der Waals surface area contributed by atoms with Gasteiger partial charge < -0.3 is 5.32 Å². The van der Waals surface area contributed by atoms with Crippen molar-refractivity contribution in [1.82, 2.24) is 10.2 Å². The molecule has 3 N–H and O–H groups in total. The molecular weight excluding hydrogens is 251 g/mol. The van der Waals surface area contributed by atoms with Crippen LogP contribution in [-0.4, -0.2) is 36.3 Å². The quantitative estimate of drug-likeness (QED) is 0.553. The Morgan fingerprint density at radius 1 is 1.47 bits per heavy atom. The lowest BCUT2D eigenvalue weighted by molar-refractivity contribution is -0.121. The summed E-state index contributed by atoms with van der Waals surface area (Å²) in [6.45, 7) is 0.114. The first kappa shape index (κ1) is 13.0. The molecule has 1 aliphatic rings. The standard InChI is InChI=1S/C12H13FN4O2/c1-15-9-3-2-7(13)6-8(9)11(14)17-5-4-10(18)16-12(17)19/h2-3,6,14-15H,4-5H2,1H3,(H,16,18,19). The molecule has 6 nitrogen and oxygen atoms in total. The Hall–Kier alpha value is -2.44. The highest BCUT2D eigenvalue weighted by Crippen LogP contribution is 2.19. The molecule has 1 aromatic carbocycles. The maximum atomic E-state index is 13.3. The summed E-state index contributed by atoms with van der Waals surface area (Å²) in [4.78, 5) is 23.8. The highest BCUT2D eigenvalue weighted by atomic mass is 19.1. The molecule has 1 saturated heterocycles. The number of amides is 3. The minimum Gasteiger partial charge on any atom is -0.388 e. The van der Waals surface area contributed by atoms with E-state index in [9.17, 15) is 14.0 Å². The SMILES string of the molecule is CNc1ccc(F)cc1C(=N)N1CCC(=O)NC1=O. The lowest BCUT2D eigenvalue weighted by atomic mass is 10.1. The van der Waals surface area contributed by atoms with Gasteiger partial charge in [0, 0.05) is 31.3 Å². The third-order valence-electron chi connectivity index (χ3n) is 2.83. The molecule has 3 amide bonds. The lowest BCUT2D eigenvalue weighted by Gasteiger charge is -2.27. The number of carbonyl (C=O) groups is 2. The number of anilines is 1. The van der Waals surface area contributed by atoms with Crippen LogP contribution in [0.25, 0.3) is 0 Å². The number of rotatable bonds is 2. The normalized spacial score (nSPS) is 15.2. The zero-order valence-electron chi connectivity index (χ0n) is 10.3. The van der Waals surface area contributed by atoms with Crippen molar-refractivity contribution in [2.24, 2.45) is 0 Å². The number of hydrogen-bond donors (Lipinski definition) is 3. The average Bonchev–Trinajstić information content (AvgIpc) is 2.38. The summed E-state index contributed by atoms with van der Waals surface area (Å²) in [5.41, 5.74) is 0.808. The van der Waals surface area contributed by atoms with Gasteiger partial charge in [0.1, 0.15) is 11.7 Å². The van der Waals surface area contributed by atoms with Crippen LogP contribution in [0.3, 0.4) is 0 Å². The molecule has 0 atom stereocenters. The molecule has 1 aliphatic heterocycles. The summed E-state index contributed by atoms with van der Waals surface area (Å²) in [5.74, 6) is -1.01. The molecule has 0 aliphatic carbocycles. The Labute approximate surface area is 109 Å². The van der Waals surface area contributed by atoms with Crippen molar-refractivity contribution in [3.63, 3.8) is 0 Å². The van der Waals surface area contributed by atoms with E-state index in [-0.39, 0.29) is 30.3 Å². The second-order valence-electron chi connectivity index (χ2n) is 4.04. The maximum Gasteiger partial charge on any atom is 0.329 e. The number of imide groups is 1. The summed E-state index contributed by atoms with van der Waals surface area (Å²) in [6.07, 6.45) is 0.123. The van der Waals surface area contributed by atoms with Gasteiger partial charge in [-0.1, -0.05) is 0 Å². The van der Waals surface area contributed by atoms with Crippen LogP contribution in [0.5, 0.6) is 0 Å². The fourth-order valence-electron chi connectivity index (χ4n) is 1.85. The van der Waals surface area contributed by atoms with Crippen LogP contribution >= 0.6 is 0 Å². The number of halogens is 1. The van der Waals surface area contributed by atoms with Gasteiger partial charge in [0.2, 0.25) is 5.91 Å². The molecule has 1 fully saturated rings. The van der Waals surface area contributed by atoms with Gasteiger partial charge in [-0.25, -0.2) is 9.18 Å². The van der Waals surface area contributed by atoms with Crippen LogP contribution in [0.4, 0.5) is 14.9 Å². The Morgan fingerprint density at radius 2 is 2.21 bits per heavy atom. The van der Waals surface area contributed by atoms with Gasteiger partial charge in [-0.05, 0) is 18.2 Å². The number of hydrogen-bond acceptors (Lipinski definition) is 4. The van der Waals surface area contributed by atoms with Crippen LogP contribution < -0.4 is 10.6 Å². The number of urea groups is 1. The van der Waals surface area contributed by atoms with Gasteiger partial charge in [-0.15, -0.1) is 0 Å². The van der Waals surface area contributed by atoms with E-state index in [1.54, 1.807) is 7.05 Å². The monoisotopic (exact) mass is 264 g/mol. The minimum absolute atomic E-state index is 0.114. The Balaban J connectivity index is 2.31. The molecule has 7 heteroatoms. The number of amidine groups is 1. The third kappa shape index (κ3) is 2.54. The second kappa shape index (κ2) is 5.05. The van der Waals surface area contributed by atoms with Gasteiger partial charge in [-0.2, -0.15) is 0 Å². The fraction of sp³-hybridized carbons (Fsp3) is 0.250. The van der Waals surface area contributed by atoms with Gasteiger partial charge in [0.05, 0.1) is 0 Å². The minimum atomic E-state index is -0.660. The zero-order chi connectivity index (χ0) is 14.0. The van der Waals surface area contributed by atoms with E-state index < -0.39 is 11.8 Å². The van der Waals surface area contributed by atoms with Gasteiger partial charge >= 0.3 is 6.03 Å². The van der Waals surface area contributed by atoms with Crippen LogP contribution in [0.15, 0.2) is 18.2 Å². The molecule has 19 heavy (non-hydrogen) atoms. The summed E-state index contributed by atoms with van der Waals surface area (Å²) < 4.78 is 13.3. The molecule has 0 radical (unpaired) electrons. The predicted octanol–water partition coefficient (Wildman–Crippen LogP) is 1.13. The van der Waals surface area contributed by atoms with E-state index in [1.165, 1.54) is 18.2 Å². The topological polar surface area (TPSA) is 85.3 Å². The Bertz CT molecular complexity index is 559. The molecule has 0 bridgehead atoms. The summed E-state index contributed by atoms with van der Waals surface area (Å²) >= 11 is 0. The molecule has 0 unspecified atom stereocenters. The van der Waals surface area contributed by atoms with Gasteiger partial charge in [-0.3, -0.25) is 20.4 Å². The molecule has 0 aromatic heterocycles. The van der Waals surface area contributed by atoms with Crippen molar-refractivity contribution in [2.75, 3.05) is 18.9 Å². The highest BCUT2D eigenvalue weighted by Gasteiger charge is 2.27. The van der Waals surface area contributed by atoms with Crippen molar-refractivity contribution in [1.29, 1.82) is 5.41 Å². The highest BCUT2D eigenvalue weighted by molar-refractivity contribution is 6.12. The molecular formula is C12H13FN4O2. The number of benzene rings is 1. The molecule has 0 saturated carbocycles. The number of carbonyl (C=O) groups excluding carboxylic acids is 2. The van der Waals surface area contributed by atoms with E-state index in [2.05, 4.69) is 10.6 Å². The van der Waals surface area contributed by atoms with Crippen molar-refractivity contribution < 1.29 is 14.0 Å². The van der Waals surface area contributed by atoms with E-state index in [0.717, 1.165) is 4.90 Å². The summed E-state index contributed by atoms with van der Waals surface area (Å²) in [5, 5.41) is 13.0. The van der Waals surface area contributed by atoms with Gasteiger partial charge in [0.25, 0.3) is 0 Å². The average molecular weight is 264 g/mol. The first-order valence-corrected chi connectivity index (χ1v) is 5.70. The van der Waals surface area contributed by atoms with E-state index in [0.29, 0.717) is 5.69 Å². The van der Waals surface area contributed by atoms with Crippen molar-refractivity contribution >= 4 is 23.5 Å². The molecule has 0 spiro atoms. The maximum absolute atomic E-state index is 13.3. The fourth-order valence-corrected chi connectivity index (χ4v) is 1.85. The first-order valence-electron chi connectivity index (χ1n) is 5.70. The van der Waals surface area contributed by atoms with Crippen molar-refractivity contribution in [2.45, 2.75) is 6.42 Å². The van der Waals surface area contributed by atoms with Crippen LogP contribution in [0.1, 0.15) is 12.0 Å². The van der Waals surface area contributed by atoms with Crippen LogP contribution in [-0.2, 0) is 4.79 Å².